The second-order valence-corrected chi connectivity index (χ2v) is 15.9. The van der Waals surface area contributed by atoms with Gasteiger partial charge in [-0.3, -0.25) is 0 Å². The van der Waals surface area contributed by atoms with E-state index < -0.39 is 16.8 Å². The average molecular weight is 435 g/mol. The molecule has 1 aliphatic heterocycles. The molecule has 1 fully saturated rings. The summed E-state index contributed by atoms with van der Waals surface area (Å²) in [5.74, 6) is 0.726. The number of benzene rings is 1. The molecule has 2 aliphatic rings. The minimum absolute atomic E-state index is 0. The van der Waals surface area contributed by atoms with Crippen LogP contribution in [-0.4, -0.2) is 29.6 Å². The topological polar surface area (TPSA) is 24.1 Å². The van der Waals surface area contributed by atoms with Crippen LogP contribution < -0.4 is 9.12 Å². The molecule has 0 spiro atoms. The van der Waals surface area contributed by atoms with Crippen molar-refractivity contribution in [2.75, 3.05) is 13.1 Å². The van der Waals surface area contributed by atoms with Crippen molar-refractivity contribution in [3.63, 3.8) is 0 Å². The predicted molar refractivity (Wildman–Crippen MR) is 129 cm³/mol. The van der Waals surface area contributed by atoms with E-state index in [4.69, 9.17) is 0 Å². The first kappa shape index (κ1) is 25.3. The van der Waals surface area contributed by atoms with Gasteiger partial charge in [0.25, 0.3) is 0 Å². The molecule has 2 unspecified atom stereocenters. The number of rotatable bonds is 4. The molecule has 0 amide bonds. The van der Waals surface area contributed by atoms with Crippen molar-refractivity contribution < 1.29 is 16.8 Å². The molecule has 1 aromatic rings. The maximum atomic E-state index is 4.06. The Morgan fingerprint density at radius 3 is 2.39 bits per heavy atom. The monoisotopic (exact) mass is 434 g/mol. The molecular formula is C24H42N2SiTi. The van der Waals surface area contributed by atoms with Crippen molar-refractivity contribution in [1.82, 2.24) is 9.12 Å². The van der Waals surface area contributed by atoms with Crippen LogP contribution in [0.1, 0.15) is 49.5 Å². The molecule has 0 radical (unpaired) electrons. The van der Waals surface area contributed by atoms with Gasteiger partial charge in [-0.25, -0.2) is 0 Å². The minimum atomic E-state index is -2.22. The van der Waals surface area contributed by atoms with E-state index >= 15 is 0 Å². The van der Waals surface area contributed by atoms with Gasteiger partial charge in [0.2, 0.25) is 0 Å². The van der Waals surface area contributed by atoms with Gasteiger partial charge in [0.15, 0.2) is 0 Å². The zero-order valence-corrected chi connectivity index (χ0v) is 19.7. The van der Waals surface area contributed by atoms with Gasteiger partial charge in [0.1, 0.15) is 0 Å². The second-order valence-electron chi connectivity index (χ2n) is 9.25. The standard InChI is InChI=1S/C13H14N.C5H8.C4H10N.2CH3.H4Si.Ti/c1-2-4-11-8-13(7-10(11)3-1)12-5-6-14-9-12;1-3-5-4-2;1-4(2,3)5;;;;/h1-4,7-8,12,14H,5-6,9H2;3-5H,1H2,2H3;5H,1-3H3;2*1H3;1H4;/q;;-1;;;;+1. The molecule has 3 rings (SSSR count). The number of hydrogen-bond donors (Lipinski definition) is 2. The van der Waals surface area contributed by atoms with E-state index in [9.17, 15) is 0 Å². The van der Waals surface area contributed by atoms with Crippen LogP contribution in [0.4, 0.5) is 0 Å². The van der Waals surface area contributed by atoms with Gasteiger partial charge in [-0.05, 0) is 17.9 Å². The summed E-state index contributed by atoms with van der Waals surface area (Å²) in [6.45, 7) is 14.7. The predicted octanol–water partition coefficient (Wildman–Crippen LogP) is 4.58. The summed E-state index contributed by atoms with van der Waals surface area (Å²) in [5.41, 5.74) is 4.93. The maximum Gasteiger partial charge on any atom is -0.0149 e. The summed E-state index contributed by atoms with van der Waals surface area (Å²) in [6, 6.07) is 9.06. The zero-order chi connectivity index (χ0) is 20.1. The van der Waals surface area contributed by atoms with Crippen molar-refractivity contribution in [1.29, 1.82) is 0 Å². The van der Waals surface area contributed by atoms with Crippen LogP contribution in [0.5, 0.6) is 0 Å². The third-order valence-corrected chi connectivity index (χ3v) is 10.7. The third-order valence-electron chi connectivity index (χ3n) is 5.24. The van der Waals surface area contributed by atoms with Crippen LogP contribution in [0, 0.1) is 5.92 Å². The minimum Gasteiger partial charge on any atom is -0.0149 e. The van der Waals surface area contributed by atoms with E-state index in [-0.39, 0.29) is 16.5 Å². The molecule has 28 heavy (non-hydrogen) atoms. The van der Waals surface area contributed by atoms with Gasteiger partial charge in [0.05, 0.1) is 0 Å². The quantitative estimate of drug-likeness (QED) is 0.535. The van der Waals surface area contributed by atoms with Crippen LogP contribution in [-0.2, 0) is 16.8 Å². The molecular weight excluding hydrogens is 392 g/mol. The van der Waals surface area contributed by atoms with Crippen molar-refractivity contribution in [2.24, 2.45) is 5.92 Å². The summed E-state index contributed by atoms with van der Waals surface area (Å²) in [4.78, 5) is 0. The molecule has 2 nitrogen and oxygen atoms in total. The molecule has 1 saturated heterocycles. The Bertz CT molecular complexity index is 695. The third kappa shape index (κ3) is 6.67. The summed E-state index contributed by atoms with van der Waals surface area (Å²) in [5, 5.41) is 8.66. The van der Waals surface area contributed by atoms with Crippen molar-refractivity contribution >= 4 is 17.0 Å². The Morgan fingerprint density at radius 2 is 1.89 bits per heavy atom. The molecule has 1 aliphatic carbocycles. The van der Waals surface area contributed by atoms with Crippen molar-refractivity contribution in [2.45, 2.75) is 54.3 Å². The Morgan fingerprint density at radius 1 is 1.21 bits per heavy atom. The second kappa shape index (κ2) is 10.9. The number of allylic oxidation sites excluding steroid dienone is 3. The van der Waals surface area contributed by atoms with Gasteiger partial charge in [-0.15, -0.1) is 0 Å². The summed E-state index contributed by atoms with van der Waals surface area (Å²) >= 11 is -2.22. The van der Waals surface area contributed by atoms with Crippen LogP contribution in [0.25, 0.3) is 6.08 Å². The van der Waals surface area contributed by atoms with E-state index in [1.807, 2.05) is 19.1 Å². The van der Waals surface area contributed by atoms with Crippen molar-refractivity contribution in [3.8, 4) is 0 Å². The van der Waals surface area contributed by atoms with E-state index in [1.165, 1.54) is 18.5 Å². The van der Waals surface area contributed by atoms with Gasteiger partial charge < -0.3 is 0 Å². The molecule has 2 atom stereocenters. The van der Waals surface area contributed by atoms with Gasteiger partial charge >= 0.3 is 139 Å². The smallest absolute Gasteiger partial charge is 0.0149 e. The Labute approximate surface area is 181 Å². The molecule has 1 heterocycles. The average Bonchev–Trinajstić information content (AvgIpc) is 3.21. The van der Waals surface area contributed by atoms with E-state index in [0.29, 0.717) is 4.22 Å². The summed E-state index contributed by atoms with van der Waals surface area (Å²) < 4.78 is 4.71. The fourth-order valence-electron chi connectivity index (χ4n) is 4.62. The van der Waals surface area contributed by atoms with Crippen LogP contribution in [0.15, 0.2) is 54.6 Å². The first-order valence-corrected chi connectivity index (χ1v) is 15.0. The van der Waals surface area contributed by atoms with E-state index in [2.05, 4.69) is 77.3 Å². The van der Waals surface area contributed by atoms with Gasteiger partial charge in [-0.1, -0.05) is 24.8 Å². The Balaban J connectivity index is 0.000000584. The molecule has 0 bridgehead atoms. The first-order valence-electron chi connectivity index (χ1n) is 10.2. The van der Waals surface area contributed by atoms with Crippen LogP contribution >= 0.6 is 0 Å². The largest absolute Gasteiger partial charge is 0.0149 e. The van der Waals surface area contributed by atoms with Gasteiger partial charge in [-0.2, -0.15) is 0 Å². The number of nitrogens with one attached hydrogen (secondary N) is 2. The molecule has 4 heteroatoms. The first-order chi connectivity index (χ1) is 12.7. The molecule has 0 saturated carbocycles. The fourth-order valence-corrected chi connectivity index (χ4v) is 11.3. The molecule has 1 aromatic carbocycles. The summed E-state index contributed by atoms with van der Waals surface area (Å²) in [7, 11) is 0. The van der Waals surface area contributed by atoms with Crippen LogP contribution in [0.3, 0.4) is 0 Å². The Hall–Kier alpha value is -0.709. The Kier molecular flexibility index (Phi) is 9.85. The molecule has 2 N–H and O–H groups in total. The van der Waals surface area contributed by atoms with Crippen molar-refractivity contribution in [3.05, 3.63) is 65.8 Å². The fraction of sp³-hybridized carbons (Fsp3) is 0.500. The SMILES string of the molecule is C=CC=CC.CC(C)(C)[NH][Ti]([CH3])([CH3])[CH]1C(C2CCNC2)=Cc2ccccc21.[SiH4]. The normalized spacial score (nSPS) is 21.4. The zero-order valence-electron chi connectivity index (χ0n) is 18.1. The van der Waals surface area contributed by atoms with Crippen LogP contribution in [0.2, 0.25) is 10.5 Å². The van der Waals surface area contributed by atoms with E-state index in [0.717, 1.165) is 12.5 Å². The number of hydrogen-bond acceptors (Lipinski definition) is 2. The molecule has 0 aromatic heterocycles. The maximum absolute atomic E-state index is 4.06. The number of fused-ring (bicyclic) bond motifs is 1. The molecule has 156 valence electrons. The van der Waals surface area contributed by atoms with E-state index in [1.54, 1.807) is 17.2 Å². The van der Waals surface area contributed by atoms with Gasteiger partial charge in [0, 0.05) is 0 Å². The summed E-state index contributed by atoms with van der Waals surface area (Å²) in [6.07, 6.45) is 9.38.